The number of rotatable bonds is 4. The zero-order valence-electron chi connectivity index (χ0n) is 14.2. The standard InChI is InChI=1S/C18H27N3O.2ClH/c22-18(15-20-12-8-19-9-13-20)21-10-6-17(7-11-21)14-16-4-2-1-3-5-16;;/h1-5,17,19H,6-15H2;2*1H. The van der Waals surface area contributed by atoms with Crippen LogP contribution in [0.15, 0.2) is 30.3 Å². The van der Waals surface area contributed by atoms with Gasteiger partial charge < -0.3 is 10.2 Å². The van der Waals surface area contributed by atoms with Gasteiger partial charge in [0.15, 0.2) is 0 Å². The summed E-state index contributed by atoms with van der Waals surface area (Å²) in [6.45, 7) is 6.47. The minimum Gasteiger partial charge on any atom is -0.342 e. The van der Waals surface area contributed by atoms with Gasteiger partial charge in [0.2, 0.25) is 5.91 Å². The third-order valence-corrected chi connectivity index (χ3v) is 4.90. The van der Waals surface area contributed by atoms with Crippen molar-refractivity contribution >= 4 is 30.7 Å². The first kappa shape index (κ1) is 21.2. The van der Waals surface area contributed by atoms with Gasteiger partial charge in [-0.3, -0.25) is 9.69 Å². The van der Waals surface area contributed by atoms with Crippen molar-refractivity contribution in [2.75, 3.05) is 45.8 Å². The Balaban J connectivity index is 0.00000144. The molecule has 1 aromatic rings. The Kier molecular flexibility index (Phi) is 9.67. The number of nitrogens with one attached hydrogen (secondary N) is 1. The highest BCUT2D eigenvalue weighted by atomic mass is 35.5. The quantitative estimate of drug-likeness (QED) is 0.878. The molecule has 3 rings (SSSR count). The largest absolute Gasteiger partial charge is 0.342 e. The molecule has 24 heavy (non-hydrogen) atoms. The Morgan fingerprint density at radius 1 is 1.00 bits per heavy atom. The van der Waals surface area contributed by atoms with Crippen LogP contribution in [0.1, 0.15) is 18.4 Å². The van der Waals surface area contributed by atoms with Crippen LogP contribution in [-0.2, 0) is 11.2 Å². The molecule has 4 nitrogen and oxygen atoms in total. The Morgan fingerprint density at radius 3 is 2.25 bits per heavy atom. The van der Waals surface area contributed by atoms with Gasteiger partial charge in [-0.2, -0.15) is 0 Å². The minimum absolute atomic E-state index is 0. The molecule has 0 saturated carbocycles. The van der Waals surface area contributed by atoms with Crippen LogP contribution in [0.4, 0.5) is 0 Å². The molecule has 1 amide bonds. The molecule has 0 bridgehead atoms. The molecule has 2 aliphatic heterocycles. The van der Waals surface area contributed by atoms with Crippen LogP contribution in [0, 0.1) is 5.92 Å². The van der Waals surface area contributed by atoms with E-state index in [9.17, 15) is 4.79 Å². The molecular weight excluding hydrogens is 345 g/mol. The summed E-state index contributed by atoms with van der Waals surface area (Å²) in [5.41, 5.74) is 1.42. The average Bonchev–Trinajstić information content (AvgIpc) is 2.57. The summed E-state index contributed by atoms with van der Waals surface area (Å²) < 4.78 is 0. The second-order valence-corrected chi connectivity index (χ2v) is 6.54. The van der Waals surface area contributed by atoms with E-state index in [1.54, 1.807) is 0 Å². The first-order valence-electron chi connectivity index (χ1n) is 8.56. The molecule has 0 unspecified atom stereocenters. The molecule has 2 fully saturated rings. The summed E-state index contributed by atoms with van der Waals surface area (Å²) in [6.07, 6.45) is 3.44. The predicted molar refractivity (Wildman–Crippen MR) is 103 cm³/mol. The molecule has 136 valence electrons. The second kappa shape index (κ2) is 10.9. The summed E-state index contributed by atoms with van der Waals surface area (Å²) in [5, 5.41) is 3.33. The molecular formula is C18H29Cl2N3O. The molecule has 1 N–H and O–H groups in total. The number of carbonyl (C=O) groups is 1. The first-order chi connectivity index (χ1) is 10.8. The number of hydrogen-bond acceptors (Lipinski definition) is 3. The predicted octanol–water partition coefficient (Wildman–Crippen LogP) is 2.22. The number of hydrogen-bond donors (Lipinski definition) is 1. The van der Waals surface area contributed by atoms with Crippen LogP contribution in [-0.4, -0.2) is 61.5 Å². The lowest BCUT2D eigenvalue weighted by molar-refractivity contribution is -0.133. The Bertz CT molecular complexity index is 472. The van der Waals surface area contributed by atoms with Gasteiger partial charge in [0, 0.05) is 39.3 Å². The Labute approximate surface area is 157 Å². The highest BCUT2D eigenvalue weighted by molar-refractivity contribution is 5.85. The van der Waals surface area contributed by atoms with Gasteiger partial charge in [-0.05, 0) is 30.7 Å². The first-order valence-corrected chi connectivity index (χ1v) is 8.56. The van der Waals surface area contributed by atoms with E-state index < -0.39 is 0 Å². The van der Waals surface area contributed by atoms with Crippen molar-refractivity contribution in [2.24, 2.45) is 5.92 Å². The van der Waals surface area contributed by atoms with E-state index in [1.165, 1.54) is 5.56 Å². The van der Waals surface area contributed by atoms with Crippen molar-refractivity contribution in [3.8, 4) is 0 Å². The van der Waals surface area contributed by atoms with Crippen molar-refractivity contribution in [2.45, 2.75) is 19.3 Å². The van der Waals surface area contributed by atoms with Gasteiger partial charge in [-0.1, -0.05) is 30.3 Å². The fraction of sp³-hybridized carbons (Fsp3) is 0.611. The molecule has 6 heteroatoms. The maximum Gasteiger partial charge on any atom is 0.236 e. The van der Waals surface area contributed by atoms with E-state index >= 15 is 0 Å². The molecule has 0 aromatic heterocycles. The number of halogens is 2. The van der Waals surface area contributed by atoms with Gasteiger partial charge in [0.25, 0.3) is 0 Å². The monoisotopic (exact) mass is 373 g/mol. The number of carbonyl (C=O) groups excluding carboxylic acids is 1. The van der Waals surface area contributed by atoms with Gasteiger partial charge in [0.05, 0.1) is 6.54 Å². The zero-order valence-corrected chi connectivity index (χ0v) is 15.8. The third kappa shape index (κ3) is 6.25. The van der Waals surface area contributed by atoms with E-state index in [1.807, 2.05) is 0 Å². The van der Waals surface area contributed by atoms with Crippen LogP contribution in [0.3, 0.4) is 0 Å². The highest BCUT2D eigenvalue weighted by Crippen LogP contribution is 2.21. The number of likely N-dealkylation sites (tertiary alicyclic amines) is 1. The summed E-state index contributed by atoms with van der Waals surface area (Å²) in [7, 11) is 0. The van der Waals surface area contributed by atoms with Crippen molar-refractivity contribution in [1.29, 1.82) is 0 Å². The smallest absolute Gasteiger partial charge is 0.236 e. The molecule has 1 aromatic carbocycles. The Morgan fingerprint density at radius 2 is 1.62 bits per heavy atom. The maximum absolute atomic E-state index is 12.4. The number of benzene rings is 1. The van der Waals surface area contributed by atoms with Gasteiger partial charge in [0.1, 0.15) is 0 Å². The average molecular weight is 374 g/mol. The molecule has 0 radical (unpaired) electrons. The van der Waals surface area contributed by atoms with Crippen LogP contribution in [0.25, 0.3) is 0 Å². The Hall–Kier alpha value is -0.810. The van der Waals surface area contributed by atoms with E-state index in [4.69, 9.17) is 0 Å². The van der Waals surface area contributed by atoms with E-state index in [2.05, 4.69) is 45.4 Å². The lowest BCUT2D eigenvalue weighted by Gasteiger charge is -2.34. The third-order valence-electron chi connectivity index (χ3n) is 4.90. The highest BCUT2D eigenvalue weighted by Gasteiger charge is 2.24. The van der Waals surface area contributed by atoms with Crippen molar-refractivity contribution in [1.82, 2.24) is 15.1 Å². The van der Waals surface area contributed by atoms with Crippen LogP contribution in [0.5, 0.6) is 0 Å². The van der Waals surface area contributed by atoms with Crippen LogP contribution in [0.2, 0.25) is 0 Å². The fourth-order valence-corrected chi connectivity index (χ4v) is 3.49. The van der Waals surface area contributed by atoms with Crippen LogP contribution < -0.4 is 5.32 Å². The molecule has 2 saturated heterocycles. The molecule has 2 aliphatic rings. The van der Waals surface area contributed by atoms with E-state index in [0.717, 1.165) is 64.4 Å². The van der Waals surface area contributed by atoms with E-state index in [0.29, 0.717) is 12.5 Å². The lowest BCUT2D eigenvalue weighted by Crippen LogP contribution is -2.49. The number of piperazine rings is 1. The van der Waals surface area contributed by atoms with E-state index in [-0.39, 0.29) is 24.8 Å². The maximum atomic E-state index is 12.4. The molecule has 0 atom stereocenters. The summed E-state index contributed by atoms with van der Waals surface area (Å²) >= 11 is 0. The molecule has 0 spiro atoms. The number of nitrogens with zero attached hydrogens (tertiary/aromatic N) is 2. The molecule has 2 heterocycles. The topological polar surface area (TPSA) is 35.6 Å². The van der Waals surface area contributed by atoms with Crippen LogP contribution >= 0.6 is 24.8 Å². The normalized spacial score (nSPS) is 19.2. The number of piperidine rings is 1. The molecule has 0 aliphatic carbocycles. The van der Waals surface area contributed by atoms with Crippen molar-refractivity contribution in [3.05, 3.63) is 35.9 Å². The summed E-state index contributed by atoms with van der Waals surface area (Å²) in [5.74, 6) is 1.05. The fourth-order valence-electron chi connectivity index (χ4n) is 3.49. The van der Waals surface area contributed by atoms with Crippen molar-refractivity contribution in [3.63, 3.8) is 0 Å². The summed E-state index contributed by atoms with van der Waals surface area (Å²) in [4.78, 5) is 16.7. The lowest BCUT2D eigenvalue weighted by atomic mass is 9.90. The van der Waals surface area contributed by atoms with Gasteiger partial charge >= 0.3 is 0 Å². The minimum atomic E-state index is 0. The van der Waals surface area contributed by atoms with Gasteiger partial charge in [-0.15, -0.1) is 24.8 Å². The SMILES string of the molecule is Cl.Cl.O=C(CN1CCNCC1)N1CCC(Cc2ccccc2)CC1. The van der Waals surface area contributed by atoms with Gasteiger partial charge in [-0.25, -0.2) is 0 Å². The zero-order chi connectivity index (χ0) is 15.2. The van der Waals surface area contributed by atoms with Crippen molar-refractivity contribution < 1.29 is 4.79 Å². The number of amides is 1. The summed E-state index contributed by atoms with van der Waals surface area (Å²) in [6, 6.07) is 10.7. The second-order valence-electron chi connectivity index (χ2n) is 6.54.